The molecular weight excluding hydrogens is 797 g/mol. The topological polar surface area (TPSA) is 165 Å². The minimum absolute atomic E-state index is 0.0291. The molecular formula is C51H32N4O6S. The van der Waals surface area contributed by atoms with Gasteiger partial charge in [0.05, 0.1) is 16.5 Å². The molecule has 0 amide bonds. The molecule has 11 rings (SSSR count). The van der Waals surface area contributed by atoms with Crippen molar-refractivity contribution in [3.63, 3.8) is 0 Å². The van der Waals surface area contributed by atoms with Gasteiger partial charge in [0.25, 0.3) is 0 Å². The van der Waals surface area contributed by atoms with E-state index in [0.29, 0.717) is 39.9 Å². The Morgan fingerprint density at radius 1 is 0.387 bits per heavy atom. The third-order valence-electron chi connectivity index (χ3n) is 11.2. The first-order valence-corrected chi connectivity index (χ1v) is 20.4. The Kier molecular flexibility index (Phi) is 8.34. The Morgan fingerprint density at radius 3 is 1.52 bits per heavy atom. The first-order chi connectivity index (χ1) is 30.2. The maximum atomic E-state index is 11.6. The highest BCUT2D eigenvalue weighted by molar-refractivity contribution is 7.26. The van der Waals surface area contributed by atoms with Crippen LogP contribution in [-0.4, -0.2) is 50.2 Å². The minimum Gasteiger partial charge on any atom is -0.506 e. The normalized spacial score (nSPS) is 11.6. The number of rotatable bonds is 6. The second kappa shape index (κ2) is 14.1. The van der Waals surface area contributed by atoms with Gasteiger partial charge in [-0.25, -0.2) is 15.0 Å². The van der Waals surface area contributed by atoms with Gasteiger partial charge in [-0.2, -0.15) is 0 Å². The highest BCUT2D eigenvalue weighted by atomic mass is 32.1. The maximum absolute atomic E-state index is 11.6. The summed E-state index contributed by atoms with van der Waals surface area (Å²) in [5, 5.41) is 69.3. The lowest BCUT2D eigenvalue weighted by molar-refractivity contribution is 0.400. The summed E-state index contributed by atoms with van der Waals surface area (Å²) in [6.45, 7) is 0. The summed E-state index contributed by atoms with van der Waals surface area (Å²) in [5.74, 6) is -2.09. The van der Waals surface area contributed by atoms with Crippen LogP contribution in [0.2, 0.25) is 0 Å². The van der Waals surface area contributed by atoms with Gasteiger partial charge in [0.1, 0.15) is 22.5 Å². The number of nitrogens with zero attached hydrogens (tertiary/aromatic N) is 4. The second-order valence-corrected chi connectivity index (χ2v) is 16.0. The Morgan fingerprint density at radius 2 is 0.887 bits per heavy atom. The number of hydrogen-bond acceptors (Lipinski definition) is 10. The Bertz CT molecular complexity index is 3480. The number of aromatic hydroxyl groups is 6. The predicted molar refractivity (Wildman–Crippen MR) is 244 cm³/mol. The van der Waals surface area contributed by atoms with Gasteiger partial charge in [-0.3, -0.25) is 0 Å². The molecule has 3 heterocycles. The summed E-state index contributed by atoms with van der Waals surface area (Å²) >= 11 is 1.68. The molecule has 0 unspecified atom stereocenters. The lowest BCUT2D eigenvalue weighted by atomic mass is 9.96. The minimum atomic E-state index is -0.658. The monoisotopic (exact) mass is 828 g/mol. The van der Waals surface area contributed by atoms with E-state index in [-0.39, 0.29) is 21.8 Å². The van der Waals surface area contributed by atoms with Gasteiger partial charge in [-0.15, -0.1) is 11.3 Å². The Labute approximate surface area is 356 Å². The van der Waals surface area contributed by atoms with Crippen LogP contribution in [-0.2, 0) is 0 Å². The standard InChI is InChI=1S/C51H32N4O6S/c56-37-25-39(58)46(60)42-43-45(38(57)26-40(59)47(43)61)55(44(37)42)36-24-30(33-18-10-19-35-34-17-7-8-20-41(34)62-48(33)35)21-22-32(36)29-15-9-16-31(23-29)51-53-49(27-11-3-1-4-12-27)52-50(54-51)28-13-5-2-6-14-28/h1-26,56-61H. The van der Waals surface area contributed by atoms with E-state index >= 15 is 0 Å². The third kappa shape index (κ3) is 5.75. The molecule has 0 fully saturated rings. The molecule has 62 heavy (non-hydrogen) atoms. The van der Waals surface area contributed by atoms with E-state index in [4.69, 9.17) is 15.0 Å². The van der Waals surface area contributed by atoms with Crippen molar-refractivity contribution in [2.24, 2.45) is 0 Å². The van der Waals surface area contributed by atoms with Crippen molar-refractivity contribution in [3.05, 3.63) is 158 Å². The molecule has 8 aromatic carbocycles. The average Bonchev–Trinajstić information content (AvgIpc) is 3.88. The number of thiophene rings is 1. The van der Waals surface area contributed by atoms with Crippen LogP contribution in [0.25, 0.3) is 104 Å². The van der Waals surface area contributed by atoms with Gasteiger partial charge in [-0.05, 0) is 34.9 Å². The molecule has 0 aliphatic carbocycles. The molecule has 0 bridgehead atoms. The SMILES string of the molecule is Oc1cc(O)c2c(c1O)c1c(O)c(O)cc(O)c1n2-c1cc(-c2cccc3c2sc2ccccc23)ccc1-c1cccc(-c2nc(-c3ccccc3)nc(-c3ccccc3)n2)c1. The van der Waals surface area contributed by atoms with Crippen LogP contribution in [0.4, 0.5) is 0 Å². The van der Waals surface area contributed by atoms with Crippen LogP contribution in [0, 0.1) is 0 Å². The zero-order valence-corrected chi connectivity index (χ0v) is 33.2. The molecule has 10 nitrogen and oxygen atoms in total. The molecule has 0 atom stereocenters. The second-order valence-electron chi connectivity index (χ2n) is 14.9. The zero-order chi connectivity index (χ0) is 42.2. The van der Waals surface area contributed by atoms with Crippen molar-refractivity contribution in [1.29, 1.82) is 0 Å². The summed E-state index contributed by atoms with van der Waals surface area (Å²) < 4.78 is 3.73. The summed E-state index contributed by atoms with van der Waals surface area (Å²) in [5.41, 5.74) is 5.77. The summed E-state index contributed by atoms with van der Waals surface area (Å²) in [6.07, 6.45) is 0. The Hall–Kier alpha value is -8.41. The molecule has 0 aliphatic heterocycles. The van der Waals surface area contributed by atoms with Gasteiger partial charge in [-0.1, -0.05) is 127 Å². The zero-order valence-electron chi connectivity index (χ0n) is 32.4. The highest BCUT2D eigenvalue weighted by Gasteiger charge is 2.29. The molecule has 3 aromatic heterocycles. The van der Waals surface area contributed by atoms with E-state index in [0.717, 1.165) is 54.6 Å². The lowest BCUT2D eigenvalue weighted by Gasteiger charge is -2.18. The van der Waals surface area contributed by atoms with Gasteiger partial charge >= 0.3 is 0 Å². The van der Waals surface area contributed by atoms with Crippen molar-refractivity contribution >= 4 is 53.3 Å². The molecule has 298 valence electrons. The fourth-order valence-corrected chi connectivity index (χ4v) is 9.65. The first-order valence-electron chi connectivity index (χ1n) is 19.6. The van der Waals surface area contributed by atoms with Crippen LogP contribution in [0.5, 0.6) is 34.5 Å². The first kappa shape index (κ1) is 36.7. The molecule has 11 aromatic rings. The molecule has 0 saturated heterocycles. The van der Waals surface area contributed by atoms with Gasteiger partial charge < -0.3 is 35.2 Å². The largest absolute Gasteiger partial charge is 0.506 e. The van der Waals surface area contributed by atoms with Crippen LogP contribution in [0.15, 0.2) is 158 Å². The molecule has 0 aliphatic rings. The summed E-state index contributed by atoms with van der Waals surface area (Å²) in [4.78, 5) is 14.8. The summed E-state index contributed by atoms with van der Waals surface area (Å²) in [7, 11) is 0. The maximum Gasteiger partial charge on any atom is 0.168 e. The third-order valence-corrected chi connectivity index (χ3v) is 12.5. The van der Waals surface area contributed by atoms with E-state index in [9.17, 15) is 30.6 Å². The van der Waals surface area contributed by atoms with Crippen LogP contribution in [0.3, 0.4) is 0 Å². The molecule has 6 N–H and O–H groups in total. The van der Waals surface area contributed by atoms with E-state index in [1.54, 1.807) is 11.3 Å². The van der Waals surface area contributed by atoms with E-state index in [1.807, 2.05) is 127 Å². The van der Waals surface area contributed by atoms with E-state index in [2.05, 4.69) is 18.2 Å². The number of hydrogen-bond donors (Lipinski definition) is 6. The van der Waals surface area contributed by atoms with E-state index < -0.39 is 34.5 Å². The number of phenols is 6. The van der Waals surface area contributed by atoms with Crippen LogP contribution in [0.1, 0.15) is 0 Å². The predicted octanol–water partition coefficient (Wildman–Crippen LogP) is 11.9. The number of phenolic OH excluding ortho intramolecular Hbond substituents is 6. The van der Waals surface area contributed by atoms with Crippen LogP contribution >= 0.6 is 11.3 Å². The van der Waals surface area contributed by atoms with E-state index in [1.165, 1.54) is 4.57 Å². The van der Waals surface area contributed by atoms with Crippen LogP contribution < -0.4 is 0 Å². The molecule has 0 spiro atoms. The van der Waals surface area contributed by atoms with Gasteiger partial charge in [0, 0.05) is 54.6 Å². The lowest BCUT2D eigenvalue weighted by Crippen LogP contribution is -2.01. The molecule has 11 heteroatoms. The van der Waals surface area contributed by atoms with Crippen molar-refractivity contribution in [2.75, 3.05) is 0 Å². The fourth-order valence-electron chi connectivity index (χ4n) is 8.41. The van der Waals surface area contributed by atoms with Crippen molar-refractivity contribution < 1.29 is 30.6 Å². The van der Waals surface area contributed by atoms with Crippen molar-refractivity contribution in [3.8, 4) is 96.6 Å². The van der Waals surface area contributed by atoms with Crippen molar-refractivity contribution in [2.45, 2.75) is 0 Å². The van der Waals surface area contributed by atoms with Gasteiger partial charge in [0.15, 0.2) is 40.5 Å². The highest BCUT2D eigenvalue weighted by Crippen LogP contribution is 2.54. The fraction of sp³-hybridized carbons (Fsp3) is 0. The Balaban J connectivity index is 1.20. The average molecular weight is 829 g/mol. The van der Waals surface area contributed by atoms with Gasteiger partial charge in [0.2, 0.25) is 0 Å². The number of aromatic nitrogens is 4. The molecule has 0 radical (unpaired) electrons. The smallest absolute Gasteiger partial charge is 0.168 e. The quantitative estimate of drug-likeness (QED) is 0.0707. The summed E-state index contributed by atoms with van der Waals surface area (Å²) in [6, 6.07) is 49.3. The van der Waals surface area contributed by atoms with Crippen molar-refractivity contribution in [1.82, 2.24) is 19.5 Å². The molecule has 0 saturated carbocycles. The number of benzene rings is 8. The number of fused-ring (bicyclic) bond motifs is 6.